The largest absolute Gasteiger partial charge is 0.350 e. The normalized spacial score (nSPS) is 18.3. The zero-order chi connectivity index (χ0) is 37.8. The van der Waals surface area contributed by atoms with Crippen LogP contribution in [0.4, 0.5) is 10.5 Å². The van der Waals surface area contributed by atoms with Crippen LogP contribution in [0.2, 0.25) is 5.02 Å². The number of carbonyl (C=O) groups is 5. The van der Waals surface area contributed by atoms with Gasteiger partial charge in [0.05, 0.1) is 6.04 Å². The van der Waals surface area contributed by atoms with Crippen molar-refractivity contribution in [1.29, 1.82) is 0 Å². The molecule has 7 rings (SSSR count). The van der Waals surface area contributed by atoms with Gasteiger partial charge < -0.3 is 20.9 Å². The van der Waals surface area contributed by atoms with E-state index in [2.05, 4.69) is 16.0 Å². The van der Waals surface area contributed by atoms with E-state index in [0.717, 1.165) is 32.7 Å². The highest BCUT2D eigenvalue weighted by atomic mass is 35.5. The van der Waals surface area contributed by atoms with E-state index in [0.29, 0.717) is 23.7 Å². The maximum Gasteiger partial charge on any atom is 0.332 e. The molecule has 12 heteroatoms. The minimum absolute atomic E-state index is 0.155. The number of benzene rings is 4. The summed E-state index contributed by atoms with van der Waals surface area (Å²) < 4.78 is 0. The molecule has 11 nitrogen and oxygen atoms in total. The summed E-state index contributed by atoms with van der Waals surface area (Å²) in [5.74, 6) is -1.47. The number of nitrogens with one attached hydrogen (secondary N) is 3. The molecule has 54 heavy (non-hydrogen) atoms. The number of hydrogen-bond donors (Lipinski definition) is 3. The first kappa shape index (κ1) is 36.8. The fourth-order valence-corrected chi connectivity index (χ4v) is 7.77. The van der Waals surface area contributed by atoms with Crippen LogP contribution in [0.5, 0.6) is 0 Å². The third kappa shape index (κ3) is 7.74. The second-order valence-corrected chi connectivity index (χ2v) is 14.7. The van der Waals surface area contributed by atoms with Gasteiger partial charge in [-0.2, -0.15) is 0 Å². The molecule has 0 saturated carbocycles. The second-order valence-electron chi connectivity index (χ2n) is 14.3. The summed E-state index contributed by atoms with van der Waals surface area (Å²) >= 11 is 6.15. The van der Waals surface area contributed by atoms with E-state index in [1.165, 1.54) is 4.90 Å². The van der Waals surface area contributed by atoms with Crippen LogP contribution >= 0.6 is 11.6 Å². The Labute approximate surface area is 319 Å². The highest BCUT2D eigenvalue weighted by molar-refractivity contribution is 6.30. The number of amides is 6. The van der Waals surface area contributed by atoms with E-state index in [-0.39, 0.29) is 50.7 Å². The Morgan fingerprint density at radius 3 is 2.20 bits per heavy atom. The van der Waals surface area contributed by atoms with E-state index >= 15 is 0 Å². The van der Waals surface area contributed by atoms with Gasteiger partial charge in [-0.1, -0.05) is 96.0 Å². The molecule has 2 fully saturated rings. The Bertz CT molecular complexity index is 2030. The van der Waals surface area contributed by atoms with Crippen molar-refractivity contribution in [3.63, 3.8) is 0 Å². The van der Waals surface area contributed by atoms with E-state index in [1.807, 2.05) is 73.7 Å². The fraction of sp³-hybridized carbons (Fsp3) is 0.310. The monoisotopic (exact) mass is 746 g/mol. The Kier molecular flexibility index (Phi) is 10.8. The molecule has 3 heterocycles. The first-order valence-corrected chi connectivity index (χ1v) is 18.7. The van der Waals surface area contributed by atoms with Crippen LogP contribution in [0.1, 0.15) is 40.7 Å². The smallest absolute Gasteiger partial charge is 0.332 e. The zero-order valence-corrected chi connectivity index (χ0v) is 30.9. The third-order valence-corrected chi connectivity index (χ3v) is 10.9. The molecule has 0 aliphatic carbocycles. The molecule has 3 N–H and O–H groups in total. The predicted molar refractivity (Wildman–Crippen MR) is 205 cm³/mol. The zero-order valence-electron chi connectivity index (χ0n) is 30.1. The maximum absolute atomic E-state index is 14.3. The predicted octanol–water partition coefficient (Wildman–Crippen LogP) is 4.54. The van der Waals surface area contributed by atoms with Gasteiger partial charge in [0.25, 0.3) is 5.91 Å². The number of hydrogen-bond acceptors (Lipinski definition) is 6. The minimum atomic E-state index is -1.29. The molecule has 6 amide bonds. The summed E-state index contributed by atoms with van der Waals surface area (Å²) in [6, 6.07) is 29.9. The van der Waals surface area contributed by atoms with E-state index < -0.39 is 42.0 Å². The first-order chi connectivity index (χ1) is 26.1. The van der Waals surface area contributed by atoms with Crippen LogP contribution < -0.4 is 20.9 Å². The molecule has 4 aromatic rings. The molecule has 2 atom stereocenters. The van der Waals surface area contributed by atoms with Crippen molar-refractivity contribution in [1.82, 2.24) is 25.8 Å². The lowest BCUT2D eigenvalue weighted by atomic mass is 9.85. The Balaban J connectivity index is 1.07. The lowest BCUT2D eigenvalue weighted by Crippen LogP contribution is -2.61. The molecule has 0 radical (unpaired) electrons. The summed E-state index contributed by atoms with van der Waals surface area (Å²) in [5.41, 5.74) is 4.31. The van der Waals surface area contributed by atoms with Crippen molar-refractivity contribution >= 4 is 46.9 Å². The van der Waals surface area contributed by atoms with Gasteiger partial charge in [0.1, 0.15) is 18.1 Å². The SMILES string of the molecule is Cc1ccc(CNC(=O)CN2C(=O)N(c3ccccc3)C3(CCN(C(=O)[C@@H](Cc4ccc(Cl)cc4)NC(=O)[C@H]4Cc5ccccc5CN4)CC3)C2=O)cc1. The van der Waals surface area contributed by atoms with Gasteiger partial charge in [0.2, 0.25) is 17.7 Å². The van der Waals surface area contributed by atoms with Crippen LogP contribution in [0, 0.1) is 6.92 Å². The minimum Gasteiger partial charge on any atom is -0.350 e. The van der Waals surface area contributed by atoms with Gasteiger partial charge in [0, 0.05) is 43.3 Å². The molecule has 4 aromatic carbocycles. The van der Waals surface area contributed by atoms with Gasteiger partial charge in [-0.15, -0.1) is 0 Å². The standard InChI is InChI=1S/C42H43ClN6O5/c1-28-11-13-30(14-12-28)25-45-37(50)27-48-40(53)42(49(41(48)54)34-9-3-2-4-10-34)19-21-47(22-20-42)39(52)36(23-29-15-17-33(43)18-16-29)46-38(51)35-24-31-7-5-6-8-32(31)26-44-35/h2-18,35-36,44H,19-27H2,1H3,(H,45,50)(H,46,51)/t35-,36-/m1/s1. The summed E-state index contributed by atoms with van der Waals surface area (Å²) in [7, 11) is 0. The topological polar surface area (TPSA) is 131 Å². The highest BCUT2D eigenvalue weighted by Crippen LogP contribution is 2.40. The third-order valence-electron chi connectivity index (χ3n) is 10.7. The van der Waals surface area contributed by atoms with Gasteiger partial charge in [0.15, 0.2) is 0 Å². The van der Waals surface area contributed by atoms with Gasteiger partial charge in [-0.05, 0) is 72.7 Å². The number of aryl methyl sites for hydroxylation is 1. The highest BCUT2D eigenvalue weighted by Gasteiger charge is 2.59. The maximum atomic E-state index is 14.3. The lowest BCUT2D eigenvalue weighted by Gasteiger charge is -2.43. The number of carbonyl (C=O) groups excluding carboxylic acids is 5. The summed E-state index contributed by atoms with van der Waals surface area (Å²) in [5, 5.41) is 9.73. The summed E-state index contributed by atoms with van der Waals surface area (Å²) in [6.45, 7) is 2.69. The van der Waals surface area contributed by atoms with E-state index in [1.54, 1.807) is 41.3 Å². The van der Waals surface area contributed by atoms with Crippen LogP contribution in [0.3, 0.4) is 0 Å². The van der Waals surface area contributed by atoms with Crippen molar-refractivity contribution in [3.8, 4) is 0 Å². The number of urea groups is 1. The summed E-state index contributed by atoms with van der Waals surface area (Å²) in [4.78, 5) is 73.7. The quantitative estimate of drug-likeness (QED) is 0.205. The number of rotatable bonds is 10. The molecule has 0 aromatic heterocycles. The second kappa shape index (κ2) is 15.8. The summed E-state index contributed by atoms with van der Waals surface area (Å²) in [6.07, 6.45) is 1.05. The van der Waals surface area contributed by atoms with Crippen molar-refractivity contribution in [2.75, 3.05) is 24.5 Å². The van der Waals surface area contributed by atoms with Crippen LogP contribution in [-0.4, -0.2) is 76.7 Å². The molecule has 1 spiro atoms. The average molecular weight is 747 g/mol. The molecular formula is C42H43ClN6O5. The average Bonchev–Trinajstić information content (AvgIpc) is 3.38. The Morgan fingerprint density at radius 2 is 1.50 bits per heavy atom. The lowest BCUT2D eigenvalue weighted by molar-refractivity contribution is -0.141. The molecular weight excluding hydrogens is 704 g/mol. The molecule has 2 saturated heterocycles. The first-order valence-electron chi connectivity index (χ1n) is 18.3. The van der Waals surface area contributed by atoms with E-state index in [9.17, 15) is 24.0 Å². The number of piperidine rings is 1. The molecule has 3 aliphatic heterocycles. The van der Waals surface area contributed by atoms with Crippen molar-refractivity contribution in [2.45, 2.75) is 63.3 Å². The Hall–Kier alpha value is -5.52. The molecule has 0 unspecified atom stereocenters. The van der Waals surface area contributed by atoms with Gasteiger partial charge >= 0.3 is 6.03 Å². The van der Waals surface area contributed by atoms with Crippen molar-refractivity contribution < 1.29 is 24.0 Å². The van der Waals surface area contributed by atoms with Crippen LogP contribution in [-0.2, 0) is 45.1 Å². The molecule has 0 bridgehead atoms. The van der Waals surface area contributed by atoms with Crippen LogP contribution in [0.15, 0.2) is 103 Å². The Morgan fingerprint density at radius 1 is 0.852 bits per heavy atom. The fourth-order valence-electron chi connectivity index (χ4n) is 7.64. The molecule has 278 valence electrons. The number of likely N-dealkylation sites (tertiary alicyclic amines) is 1. The number of halogens is 1. The van der Waals surface area contributed by atoms with E-state index in [4.69, 9.17) is 11.6 Å². The van der Waals surface area contributed by atoms with Crippen molar-refractivity contribution in [3.05, 3.63) is 136 Å². The number of anilines is 1. The number of fused-ring (bicyclic) bond motifs is 1. The van der Waals surface area contributed by atoms with Crippen molar-refractivity contribution in [2.24, 2.45) is 0 Å². The van der Waals surface area contributed by atoms with Gasteiger partial charge in [-0.25, -0.2) is 4.79 Å². The number of nitrogens with zero attached hydrogens (tertiary/aromatic N) is 3. The number of imide groups is 1. The van der Waals surface area contributed by atoms with Crippen LogP contribution in [0.25, 0.3) is 0 Å². The molecule has 3 aliphatic rings. The van der Waals surface area contributed by atoms with Gasteiger partial charge in [-0.3, -0.25) is 29.0 Å². The number of para-hydroxylation sites is 1.